The van der Waals surface area contributed by atoms with E-state index in [1.807, 2.05) is 0 Å². The average Bonchev–Trinajstić information content (AvgIpc) is 3.50. The van der Waals surface area contributed by atoms with E-state index in [-0.39, 0.29) is 31.9 Å². The first-order valence-corrected chi connectivity index (χ1v) is 9.51. The van der Waals surface area contributed by atoms with Crippen molar-refractivity contribution < 1.29 is 27.9 Å². The molecule has 0 spiro atoms. The van der Waals surface area contributed by atoms with E-state index in [1.54, 1.807) is 24.3 Å². The second-order valence-electron chi connectivity index (χ2n) is 6.22. The summed E-state index contributed by atoms with van der Waals surface area (Å²) in [5.74, 6) is -1.95. The molecule has 1 aliphatic heterocycles. The number of fused-ring (bicyclic) bond motifs is 1. The van der Waals surface area contributed by atoms with E-state index in [2.05, 4.69) is 0 Å². The molecule has 154 valence electrons. The van der Waals surface area contributed by atoms with E-state index in [0.29, 0.717) is 5.76 Å². The molecule has 0 aromatic carbocycles. The van der Waals surface area contributed by atoms with Crippen LogP contribution in [0.1, 0.15) is 17.4 Å². The van der Waals surface area contributed by atoms with Crippen LogP contribution >= 0.6 is 11.3 Å². The number of hydrogen-bond donors (Lipinski definition) is 1. The van der Waals surface area contributed by atoms with Crippen molar-refractivity contribution in [2.75, 3.05) is 14.2 Å². The lowest BCUT2D eigenvalue weighted by Gasteiger charge is -2.24. The Kier molecular flexibility index (Phi) is 4.92. The highest BCUT2D eigenvalue weighted by Gasteiger charge is 2.41. The van der Waals surface area contributed by atoms with E-state index in [9.17, 15) is 14.4 Å². The molecule has 0 aliphatic carbocycles. The van der Waals surface area contributed by atoms with Crippen LogP contribution in [0.3, 0.4) is 0 Å². The first-order valence-electron chi connectivity index (χ1n) is 8.69. The quantitative estimate of drug-likeness (QED) is 0.590. The smallest absolute Gasteiger partial charge is 0.338 e. The lowest BCUT2D eigenvalue weighted by atomic mass is 9.87. The third-order valence-corrected chi connectivity index (χ3v) is 5.71. The summed E-state index contributed by atoms with van der Waals surface area (Å²) < 4.78 is 22.2. The largest absolute Gasteiger partial charge is 0.468 e. The summed E-state index contributed by atoms with van der Waals surface area (Å²) in [5, 5.41) is 0. The summed E-state index contributed by atoms with van der Waals surface area (Å²) in [6, 6.07) is 6.57. The zero-order chi connectivity index (χ0) is 21.4. The van der Waals surface area contributed by atoms with Crippen molar-refractivity contribution in [3.05, 3.63) is 73.4 Å². The topological polar surface area (TPSA) is 127 Å². The van der Waals surface area contributed by atoms with Crippen LogP contribution in [-0.2, 0) is 19.1 Å². The monoisotopic (exact) mass is 428 g/mol. The molecule has 0 amide bonds. The van der Waals surface area contributed by atoms with Gasteiger partial charge in [-0.1, -0.05) is 0 Å². The van der Waals surface area contributed by atoms with Gasteiger partial charge in [0.1, 0.15) is 22.0 Å². The third-order valence-electron chi connectivity index (χ3n) is 4.60. The number of furan rings is 2. The van der Waals surface area contributed by atoms with Gasteiger partial charge in [0.05, 0.1) is 48.3 Å². The number of esters is 2. The van der Waals surface area contributed by atoms with E-state index >= 15 is 0 Å². The van der Waals surface area contributed by atoms with Crippen LogP contribution in [0.2, 0.25) is 0 Å². The van der Waals surface area contributed by atoms with Gasteiger partial charge in [0.15, 0.2) is 0 Å². The van der Waals surface area contributed by atoms with Gasteiger partial charge in [-0.2, -0.15) is 0 Å². The van der Waals surface area contributed by atoms with Crippen LogP contribution in [0.4, 0.5) is 0 Å². The van der Waals surface area contributed by atoms with Crippen LogP contribution in [-0.4, -0.2) is 30.7 Å². The normalized spacial score (nSPS) is 16.5. The fourth-order valence-corrected chi connectivity index (χ4v) is 4.45. The van der Waals surface area contributed by atoms with Crippen molar-refractivity contribution in [2.24, 2.45) is 5.73 Å². The maximum Gasteiger partial charge on any atom is 0.338 e. The molecule has 1 aliphatic rings. The van der Waals surface area contributed by atoms with Gasteiger partial charge in [-0.05, 0) is 24.3 Å². The van der Waals surface area contributed by atoms with Crippen molar-refractivity contribution in [1.29, 1.82) is 0 Å². The molecule has 0 radical (unpaired) electrons. The second-order valence-corrected chi connectivity index (χ2v) is 7.25. The molecular formula is C20H16N2O7S. The first-order chi connectivity index (χ1) is 14.5. The van der Waals surface area contributed by atoms with E-state index in [4.69, 9.17) is 24.0 Å². The van der Waals surface area contributed by atoms with E-state index in [1.165, 1.54) is 32.8 Å². The average molecular weight is 428 g/mol. The molecule has 10 heteroatoms. The number of carbonyl (C=O) groups is 2. The Balaban J connectivity index is 2.14. The van der Waals surface area contributed by atoms with E-state index in [0.717, 1.165) is 15.9 Å². The van der Waals surface area contributed by atoms with Gasteiger partial charge >= 0.3 is 11.9 Å². The summed E-state index contributed by atoms with van der Waals surface area (Å²) >= 11 is 1.03. The summed E-state index contributed by atoms with van der Waals surface area (Å²) in [5.41, 5.74) is 5.70. The van der Waals surface area contributed by atoms with Gasteiger partial charge in [0.2, 0.25) is 0 Å². The van der Waals surface area contributed by atoms with E-state index < -0.39 is 23.4 Å². The molecule has 3 aromatic heterocycles. The number of rotatable bonds is 4. The maximum atomic E-state index is 13.1. The highest BCUT2D eigenvalue weighted by molar-refractivity contribution is 7.07. The molecule has 0 saturated heterocycles. The molecule has 0 fully saturated rings. The van der Waals surface area contributed by atoms with Crippen LogP contribution in [0.25, 0.3) is 17.5 Å². The van der Waals surface area contributed by atoms with Crippen molar-refractivity contribution in [3.8, 4) is 0 Å². The SMILES string of the molecule is COC(=O)C1=C(N)n2c(sc(=Cc3ccco3)c2=O)=C(C(=O)OC)C1c1ccco1. The Morgan fingerprint density at radius 3 is 2.37 bits per heavy atom. The molecule has 1 atom stereocenters. The Morgan fingerprint density at radius 1 is 1.10 bits per heavy atom. The van der Waals surface area contributed by atoms with Crippen LogP contribution in [0, 0.1) is 0 Å². The van der Waals surface area contributed by atoms with Gasteiger partial charge < -0.3 is 24.0 Å². The number of thiazole rings is 1. The van der Waals surface area contributed by atoms with Crippen LogP contribution in [0.5, 0.6) is 0 Å². The standard InChI is InChI=1S/C20H16N2O7S/c1-26-19(24)14-13(11-6-4-8-29-11)15(20(25)27-2)18-22(16(14)21)17(23)12(30-18)9-10-5-3-7-28-10/h3-9,13H,21H2,1-2H3. The Morgan fingerprint density at radius 2 is 1.77 bits per heavy atom. The molecular weight excluding hydrogens is 412 g/mol. The molecule has 0 saturated carbocycles. The molecule has 9 nitrogen and oxygen atoms in total. The van der Waals surface area contributed by atoms with Gasteiger partial charge in [0.25, 0.3) is 5.56 Å². The number of carbonyl (C=O) groups excluding carboxylic acids is 2. The summed E-state index contributed by atoms with van der Waals surface area (Å²) in [7, 11) is 2.39. The van der Waals surface area contributed by atoms with Gasteiger partial charge in [0, 0.05) is 6.08 Å². The molecule has 0 bridgehead atoms. The summed E-state index contributed by atoms with van der Waals surface area (Å²) in [6.45, 7) is 0. The zero-order valence-electron chi connectivity index (χ0n) is 15.9. The predicted molar refractivity (Wildman–Crippen MR) is 106 cm³/mol. The lowest BCUT2D eigenvalue weighted by molar-refractivity contribution is -0.136. The number of ether oxygens (including phenoxy) is 2. The van der Waals surface area contributed by atoms with Gasteiger partial charge in [-0.25, -0.2) is 9.59 Å². The third kappa shape index (κ3) is 2.98. The van der Waals surface area contributed by atoms with Gasteiger partial charge in [-0.15, -0.1) is 11.3 Å². The summed E-state index contributed by atoms with van der Waals surface area (Å²) in [4.78, 5) is 38.5. The number of methoxy groups -OCH3 is 2. The van der Waals surface area contributed by atoms with Crippen molar-refractivity contribution in [1.82, 2.24) is 4.57 Å². The van der Waals surface area contributed by atoms with Crippen molar-refractivity contribution >= 4 is 40.7 Å². The van der Waals surface area contributed by atoms with Crippen molar-refractivity contribution in [2.45, 2.75) is 5.92 Å². The Hall–Kier alpha value is -3.79. The molecule has 3 aromatic rings. The molecule has 1 unspecified atom stereocenters. The van der Waals surface area contributed by atoms with Crippen molar-refractivity contribution in [3.63, 3.8) is 0 Å². The second kappa shape index (κ2) is 7.56. The van der Waals surface area contributed by atoms with Crippen LogP contribution < -0.4 is 20.5 Å². The molecule has 4 rings (SSSR count). The van der Waals surface area contributed by atoms with Crippen LogP contribution in [0.15, 0.2) is 56.0 Å². The fourth-order valence-electron chi connectivity index (χ4n) is 3.31. The Labute approximate surface area is 172 Å². The lowest BCUT2D eigenvalue weighted by Crippen LogP contribution is -2.41. The Bertz CT molecular complexity index is 1320. The first kappa shape index (κ1) is 19.5. The highest BCUT2D eigenvalue weighted by atomic mass is 32.1. The highest BCUT2D eigenvalue weighted by Crippen LogP contribution is 2.37. The number of aromatic nitrogens is 1. The predicted octanol–water partition coefficient (Wildman–Crippen LogP) is 0.346. The number of nitrogens with two attached hydrogens (primary N) is 1. The number of hydrogen-bond acceptors (Lipinski definition) is 9. The zero-order valence-corrected chi connectivity index (χ0v) is 16.7. The molecule has 30 heavy (non-hydrogen) atoms. The molecule has 2 N–H and O–H groups in total. The fraction of sp³-hybridized carbons (Fsp3) is 0.150. The minimum Gasteiger partial charge on any atom is -0.468 e. The maximum absolute atomic E-state index is 13.1. The summed E-state index contributed by atoms with van der Waals surface area (Å²) in [6.07, 6.45) is 4.40. The van der Waals surface area contributed by atoms with Gasteiger partial charge in [-0.3, -0.25) is 9.36 Å². The molecule has 4 heterocycles. The minimum absolute atomic E-state index is 0.0447. The number of nitrogens with zero attached hydrogens (tertiary/aromatic N) is 1. The minimum atomic E-state index is -1.01.